The van der Waals surface area contributed by atoms with E-state index in [1.807, 2.05) is 0 Å². The zero-order valence-corrected chi connectivity index (χ0v) is 12.4. The van der Waals surface area contributed by atoms with Crippen molar-refractivity contribution in [2.45, 2.75) is 47.5 Å². The normalized spacial score (nSPS) is 11.6. The molecule has 1 aromatic rings. The second kappa shape index (κ2) is 7.34. The highest BCUT2D eigenvalue weighted by atomic mass is 15.0. The zero-order valence-electron chi connectivity index (χ0n) is 12.4. The summed E-state index contributed by atoms with van der Waals surface area (Å²) in [4.78, 5) is 8.57. The molecule has 0 fully saturated rings. The summed E-state index contributed by atoms with van der Waals surface area (Å²) in [5.41, 5.74) is 1.13. The lowest BCUT2D eigenvalue weighted by molar-refractivity contribution is 0.304. The molecule has 0 saturated heterocycles. The van der Waals surface area contributed by atoms with E-state index in [1.54, 1.807) is 6.33 Å². The summed E-state index contributed by atoms with van der Waals surface area (Å²) in [6.07, 6.45) is 3.80. The minimum Gasteiger partial charge on any atom is -0.370 e. The van der Waals surface area contributed by atoms with Gasteiger partial charge in [-0.05, 0) is 24.2 Å². The summed E-state index contributed by atoms with van der Waals surface area (Å²) in [5.74, 6) is 3.01. The van der Waals surface area contributed by atoms with E-state index in [9.17, 15) is 0 Å². The second-order valence-corrected chi connectivity index (χ2v) is 5.68. The number of rotatable bonds is 7. The number of hydrogen-bond acceptors (Lipinski definition) is 3. The Kier molecular flexibility index (Phi) is 6.10. The van der Waals surface area contributed by atoms with Crippen molar-refractivity contribution in [2.75, 3.05) is 11.9 Å². The van der Waals surface area contributed by atoms with Crippen LogP contribution in [0.3, 0.4) is 0 Å². The molecule has 3 nitrogen and oxygen atoms in total. The van der Waals surface area contributed by atoms with E-state index in [-0.39, 0.29) is 0 Å². The summed E-state index contributed by atoms with van der Waals surface area (Å²) >= 11 is 0. The van der Waals surface area contributed by atoms with Crippen LogP contribution in [0.15, 0.2) is 12.4 Å². The smallest absolute Gasteiger partial charge is 0.129 e. The molecule has 1 heterocycles. The van der Waals surface area contributed by atoms with E-state index in [4.69, 9.17) is 0 Å². The van der Waals surface area contributed by atoms with Gasteiger partial charge in [0.1, 0.15) is 12.1 Å². The third kappa shape index (κ3) is 4.63. The lowest BCUT2D eigenvalue weighted by Gasteiger charge is -2.25. The first-order chi connectivity index (χ1) is 8.54. The number of hydrogen-bond donors (Lipinski definition) is 1. The molecule has 0 amide bonds. The SMILES string of the molecule is CCCc1cc(NCC(C(C)C)C(C)C)ncn1. The fourth-order valence-corrected chi connectivity index (χ4v) is 2.35. The molecule has 1 N–H and O–H groups in total. The first-order valence-electron chi connectivity index (χ1n) is 7.09. The van der Waals surface area contributed by atoms with Gasteiger partial charge in [0.2, 0.25) is 0 Å². The van der Waals surface area contributed by atoms with Crippen molar-refractivity contribution in [3.05, 3.63) is 18.1 Å². The highest BCUT2D eigenvalue weighted by Crippen LogP contribution is 2.20. The third-order valence-electron chi connectivity index (χ3n) is 3.46. The van der Waals surface area contributed by atoms with Crippen molar-refractivity contribution < 1.29 is 0 Å². The highest BCUT2D eigenvalue weighted by molar-refractivity contribution is 5.34. The van der Waals surface area contributed by atoms with E-state index >= 15 is 0 Å². The molecule has 1 rings (SSSR count). The molecular weight excluding hydrogens is 222 g/mol. The van der Waals surface area contributed by atoms with E-state index < -0.39 is 0 Å². The molecule has 3 heteroatoms. The van der Waals surface area contributed by atoms with E-state index in [2.05, 4.69) is 56.0 Å². The van der Waals surface area contributed by atoms with Gasteiger partial charge in [-0.1, -0.05) is 41.0 Å². The Morgan fingerprint density at radius 1 is 1.11 bits per heavy atom. The molecule has 0 atom stereocenters. The molecule has 0 bridgehead atoms. The number of aromatic nitrogens is 2. The summed E-state index contributed by atoms with van der Waals surface area (Å²) in [5, 5.41) is 3.46. The maximum absolute atomic E-state index is 4.29. The topological polar surface area (TPSA) is 37.8 Å². The van der Waals surface area contributed by atoms with Crippen molar-refractivity contribution in [1.82, 2.24) is 9.97 Å². The first kappa shape index (κ1) is 14.9. The average Bonchev–Trinajstić information content (AvgIpc) is 2.29. The molecule has 102 valence electrons. The predicted octanol–water partition coefficient (Wildman–Crippen LogP) is 3.77. The van der Waals surface area contributed by atoms with E-state index in [0.29, 0.717) is 17.8 Å². The number of anilines is 1. The quantitative estimate of drug-likeness (QED) is 0.799. The van der Waals surface area contributed by atoms with Crippen molar-refractivity contribution in [3.8, 4) is 0 Å². The largest absolute Gasteiger partial charge is 0.370 e. The molecule has 0 aromatic carbocycles. The van der Waals surface area contributed by atoms with Crippen LogP contribution in [0.2, 0.25) is 0 Å². The van der Waals surface area contributed by atoms with Crippen molar-refractivity contribution in [3.63, 3.8) is 0 Å². The Balaban J connectivity index is 2.59. The van der Waals surface area contributed by atoms with Gasteiger partial charge >= 0.3 is 0 Å². The predicted molar refractivity (Wildman–Crippen MR) is 77.7 cm³/mol. The molecule has 0 aliphatic rings. The van der Waals surface area contributed by atoms with Gasteiger partial charge in [-0.25, -0.2) is 9.97 Å². The minimum absolute atomic E-state index is 0.676. The molecule has 0 aliphatic heterocycles. The Morgan fingerprint density at radius 2 is 1.78 bits per heavy atom. The van der Waals surface area contributed by atoms with Gasteiger partial charge in [0.05, 0.1) is 0 Å². The molecular formula is C15H27N3. The average molecular weight is 249 g/mol. The van der Waals surface area contributed by atoms with Gasteiger partial charge in [-0.2, -0.15) is 0 Å². The van der Waals surface area contributed by atoms with Crippen LogP contribution in [0.25, 0.3) is 0 Å². The Morgan fingerprint density at radius 3 is 2.33 bits per heavy atom. The van der Waals surface area contributed by atoms with Gasteiger partial charge in [-0.3, -0.25) is 0 Å². The number of nitrogens with one attached hydrogen (secondary N) is 1. The molecule has 1 aromatic heterocycles. The fraction of sp³-hybridized carbons (Fsp3) is 0.733. The van der Waals surface area contributed by atoms with Crippen molar-refractivity contribution in [1.29, 1.82) is 0 Å². The van der Waals surface area contributed by atoms with Crippen LogP contribution in [0.4, 0.5) is 5.82 Å². The Hall–Kier alpha value is -1.12. The van der Waals surface area contributed by atoms with Crippen LogP contribution in [0.1, 0.15) is 46.7 Å². The first-order valence-corrected chi connectivity index (χ1v) is 7.09. The van der Waals surface area contributed by atoms with Gasteiger partial charge in [0.15, 0.2) is 0 Å². The number of aryl methyl sites for hydroxylation is 1. The zero-order chi connectivity index (χ0) is 13.5. The summed E-state index contributed by atoms with van der Waals surface area (Å²) in [6, 6.07) is 2.07. The molecule has 0 unspecified atom stereocenters. The lowest BCUT2D eigenvalue weighted by atomic mass is 9.85. The number of nitrogens with zero attached hydrogens (tertiary/aromatic N) is 2. The Labute approximate surface area is 111 Å². The maximum Gasteiger partial charge on any atom is 0.129 e. The van der Waals surface area contributed by atoms with Crippen LogP contribution in [0.5, 0.6) is 0 Å². The standard InChI is InChI=1S/C15H27N3/c1-6-7-13-8-15(18-10-17-13)16-9-14(11(2)3)12(4)5/h8,10-12,14H,6-7,9H2,1-5H3,(H,16,17,18). The van der Waals surface area contributed by atoms with Crippen LogP contribution in [-0.2, 0) is 6.42 Å². The van der Waals surface area contributed by atoms with Gasteiger partial charge in [0.25, 0.3) is 0 Å². The van der Waals surface area contributed by atoms with E-state index in [1.165, 1.54) is 0 Å². The molecule has 0 saturated carbocycles. The van der Waals surface area contributed by atoms with Crippen LogP contribution in [-0.4, -0.2) is 16.5 Å². The molecule has 0 aliphatic carbocycles. The van der Waals surface area contributed by atoms with Crippen molar-refractivity contribution in [2.24, 2.45) is 17.8 Å². The fourth-order valence-electron chi connectivity index (χ4n) is 2.35. The molecule has 0 spiro atoms. The lowest BCUT2D eigenvalue weighted by Crippen LogP contribution is -2.24. The van der Waals surface area contributed by atoms with Gasteiger partial charge in [0, 0.05) is 18.3 Å². The second-order valence-electron chi connectivity index (χ2n) is 5.68. The van der Waals surface area contributed by atoms with Crippen LogP contribution in [0, 0.1) is 17.8 Å². The summed E-state index contributed by atoms with van der Waals surface area (Å²) in [7, 11) is 0. The molecule has 18 heavy (non-hydrogen) atoms. The summed E-state index contributed by atoms with van der Waals surface area (Å²) in [6.45, 7) is 12.3. The summed E-state index contributed by atoms with van der Waals surface area (Å²) < 4.78 is 0. The monoisotopic (exact) mass is 249 g/mol. The third-order valence-corrected chi connectivity index (χ3v) is 3.46. The van der Waals surface area contributed by atoms with Crippen LogP contribution >= 0.6 is 0 Å². The van der Waals surface area contributed by atoms with Gasteiger partial charge < -0.3 is 5.32 Å². The van der Waals surface area contributed by atoms with E-state index in [0.717, 1.165) is 30.9 Å². The van der Waals surface area contributed by atoms with Crippen molar-refractivity contribution >= 4 is 5.82 Å². The highest BCUT2D eigenvalue weighted by Gasteiger charge is 2.17. The minimum atomic E-state index is 0.676. The van der Waals surface area contributed by atoms with Gasteiger partial charge in [-0.15, -0.1) is 0 Å². The van der Waals surface area contributed by atoms with Crippen LogP contribution < -0.4 is 5.32 Å². The maximum atomic E-state index is 4.29. The molecule has 0 radical (unpaired) electrons. The Bertz CT molecular complexity index is 339.